The molecule has 0 atom stereocenters. The number of nitrogens with one attached hydrogen (secondary N) is 2. The Hall–Kier alpha value is -0.914. The van der Waals surface area contributed by atoms with E-state index in [2.05, 4.69) is 88.4 Å². The van der Waals surface area contributed by atoms with E-state index in [9.17, 15) is 0 Å². The molecule has 29 heavy (non-hydrogen) atoms. The van der Waals surface area contributed by atoms with Gasteiger partial charge in [0, 0.05) is 37.6 Å². The van der Waals surface area contributed by atoms with E-state index < -0.39 is 0 Å². The molecule has 0 aliphatic heterocycles. The minimum Gasteiger partial charge on any atom is -1.00 e. The molecular formula is C23H35Cl2CoN3. The molecule has 0 saturated heterocycles. The van der Waals surface area contributed by atoms with Gasteiger partial charge in [-0.15, -0.1) is 0 Å². The second kappa shape index (κ2) is 14.2. The van der Waals surface area contributed by atoms with Crippen LogP contribution in [0.4, 0.5) is 11.4 Å². The van der Waals surface area contributed by atoms with Crippen LogP contribution in [0.5, 0.6) is 0 Å². The van der Waals surface area contributed by atoms with Gasteiger partial charge < -0.3 is 40.3 Å². The van der Waals surface area contributed by atoms with Crippen molar-refractivity contribution in [2.24, 2.45) is 0 Å². The number of nitrogens with zero attached hydrogens (tertiary/aromatic N) is 1. The van der Waals surface area contributed by atoms with Crippen molar-refractivity contribution in [3.8, 4) is 0 Å². The summed E-state index contributed by atoms with van der Waals surface area (Å²) in [7, 11) is 2.19. The fourth-order valence-corrected chi connectivity index (χ4v) is 3.77. The van der Waals surface area contributed by atoms with E-state index in [0.29, 0.717) is 0 Å². The molecule has 2 aromatic carbocycles. The van der Waals surface area contributed by atoms with Gasteiger partial charge in [-0.1, -0.05) is 35.4 Å². The Morgan fingerprint density at radius 2 is 0.897 bits per heavy atom. The van der Waals surface area contributed by atoms with Gasteiger partial charge >= 0.3 is 16.8 Å². The Labute approximate surface area is 200 Å². The predicted octanol–water partition coefficient (Wildman–Crippen LogP) is -1.00. The molecule has 1 radical (unpaired) electrons. The fraction of sp³-hybridized carbons (Fsp3) is 0.478. The summed E-state index contributed by atoms with van der Waals surface area (Å²) in [4.78, 5) is 2.37. The monoisotopic (exact) mass is 482 g/mol. The molecule has 2 rings (SSSR count). The minimum absolute atomic E-state index is 0. The summed E-state index contributed by atoms with van der Waals surface area (Å²) in [5.41, 5.74) is 10.6. The zero-order valence-electron chi connectivity index (χ0n) is 18.7. The van der Waals surface area contributed by atoms with Crippen molar-refractivity contribution >= 4 is 11.4 Å². The molecule has 0 fully saturated rings. The van der Waals surface area contributed by atoms with E-state index in [1.54, 1.807) is 0 Å². The molecule has 0 bridgehead atoms. The molecule has 0 unspecified atom stereocenters. The van der Waals surface area contributed by atoms with Crippen molar-refractivity contribution < 1.29 is 41.6 Å². The first kappa shape index (κ1) is 30.3. The van der Waals surface area contributed by atoms with E-state index in [4.69, 9.17) is 0 Å². The summed E-state index contributed by atoms with van der Waals surface area (Å²) < 4.78 is 0. The number of halogens is 2. The third kappa shape index (κ3) is 9.18. The average molecular weight is 483 g/mol. The molecule has 165 valence electrons. The van der Waals surface area contributed by atoms with E-state index in [1.165, 1.54) is 44.8 Å². The van der Waals surface area contributed by atoms with Crippen molar-refractivity contribution in [1.82, 2.24) is 4.90 Å². The van der Waals surface area contributed by atoms with Crippen LogP contribution in [0.2, 0.25) is 0 Å². The van der Waals surface area contributed by atoms with E-state index in [1.807, 2.05) is 0 Å². The summed E-state index contributed by atoms with van der Waals surface area (Å²) in [6.45, 7) is 17.0. The van der Waals surface area contributed by atoms with Crippen molar-refractivity contribution in [1.29, 1.82) is 0 Å². The standard InChI is InChI=1S/C23H35N3.2ClH.Co/c1-16-12-18(3)22(19(4)13-16)24-8-10-26(7)11-9-25-23-20(5)14-17(2)15-21(23)6;;;/h12-15,24-25H,8-11H2,1-7H3;2*1H;/q;;;+2/p-2. The molecule has 0 aliphatic rings. The van der Waals surface area contributed by atoms with Crippen LogP contribution in [0.3, 0.4) is 0 Å². The molecule has 0 spiro atoms. The SMILES string of the molecule is Cc1cc(C)c(NCCN(C)CCNc2c(C)cc(C)cc2C)c(C)c1.[Cl-].[Cl-].[Co+2]. The van der Waals surface area contributed by atoms with Gasteiger partial charge in [-0.25, -0.2) is 0 Å². The van der Waals surface area contributed by atoms with E-state index >= 15 is 0 Å². The molecular weight excluding hydrogens is 448 g/mol. The summed E-state index contributed by atoms with van der Waals surface area (Å²) in [6.07, 6.45) is 0. The van der Waals surface area contributed by atoms with Crippen molar-refractivity contribution in [2.45, 2.75) is 41.5 Å². The van der Waals surface area contributed by atoms with Gasteiger partial charge in [-0.05, 0) is 70.8 Å². The summed E-state index contributed by atoms with van der Waals surface area (Å²) >= 11 is 0. The van der Waals surface area contributed by atoms with Gasteiger partial charge in [0.25, 0.3) is 0 Å². The minimum atomic E-state index is 0. The zero-order chi connectivity index (χ0) is 19.3. The molecule has 2 aromatic rings. The predicted molar refractivity (Wildman–Crippen MR) is 116 cm³/mol. The molecule has 3 nitrogen and oxygen atoms in total. The van der Waals surface area contributed by atoms with Crippen molar-refractivity contribution in [2.75, 3.05) is 43.9 Å². The van der Waals surface area contributed by atoms with Gasteiger partial charge in [-0.2, -0.15) is 0 Å². The van der Waals surface area contributed by atoms with Crippen molar-refractivity contribution in [3.63, 3.8) is 0 Å². The second-order valence-corrected chi connectivity index (χ2v) is 7.70. The Kier molecular flexibility index (Phi) is 14.8. The molecule has 0 aliphatic carbocycles. The third-order valence-corrected chi connectivity index (χ3v) is 4.94. The van der Waals surface area contributed by atoms with Gasteiger partial charge in [0.05, 0.1) is 0 Å². The maximum Gasteiger partial charge on any atom is 2.00 e. The molecule has 2 N–H and O–H groups in total. The Balaban J connectivity index is 0. The Morgan fingerprint density at radius 3 is 1.17 bits per heavy atom. The molecule has 0 saturated carbocycles. The van der Waals surface area contributed by atoms with Gasteiger partial charge in [-0.3, -0.25) is 0 Å². The number of likely N-dealkylation sites (N-methyl/N-ethyl adjacent to an activating group) is 1. The number of hydrogen-bond acceptors (Lipinski definition) is 3. The number of rotatable bonds is 8. The van der Waals surface area contributed by atoms with Crippen LogP contribution in [-0.4, -0.2) is 38.1 Å². The summed E-state index contributed by atoms with van der Waals surface area (Å²) in [5.74, 6) is 0. The number of hydrogen-bond donors (Lipinski definition) is 2. The number of anilines is 2. The summed E-state index contributed by atoms with van der Waals surface area (Å²) in [5, 5.41) is 7.22. The van der Waals surface area contributed by atoms with E-state index in [-0.39, 0.29) is 41.6 Å². The third-order valence-electron chi connectivity index (χ3n) is 4.94. The number of benzene rings is 2. The van der Waals surface area contributed by atoms with Crippen LogP contribution in [0.25, 0.3) is 0 Å². The quantitative estimate of drug-likeness (QED) is 0.505. The fourth-order valence-electron chi connectivity index (χ4n) is 3.77. The van der Waals surface area contributed by atoms with Crippen molar-refractivity contribution in [3.05, 3.63) is 57.6 Å². The van der Waals surface area contributed by atoms with Crippen LogP contribution in [-0.2, 0) is 16.8 Å². The first-order valence-electron chi connectivity index (χ1n) is 9.60. The average Bonchev–Trinajstić information content (AvgIpc) is 2.52. The molecule has 0 heterocycles. The largest absolute Gasteiger partial charge is 2.00 e. The molecule has 0 amide bonds. The Bertz CT molecular complexity index is 656. The van der Waals surface area contributed by atoms with Crippen LogP contribution in [0.15, 0.2) is 24.3 Å². The van der Waals surface area contributed by atoms with Gasteiger partial charge in [0.15, 0.2) is 0 Å². The normalized spacial score (nSPS) is 9.93. The summed E-state index contributed by atoms with van der Waals surface area (Å²) in [6, 6.07) is 8.98. The topological polar surface area (TPSA) is 27.3 Å². The van der Waals surface area contributed by atoms with Crippen LogP contribution in [0.1, 0.15) is 33.4 Å². The Morgan fingerprint density at radius 1 is 0.621 bits per heavy atom. The molecule has 0 aromatic heterocycles. The maximum atomic E-state index is 3.61. The second-order valence-electron chi connectivity index (χ2n) is 7.70. The smallest absolute Gasteiger partial charge is 1.00 e. The van der Waals surface area contributed by atoms with Crippen LogP contribution < -0.4 is 35.4 Å². The van der Waals surface area contributed by atoms with Gasteiger partial charge in [0.2, 0.25) is 0 Å². The first-order chi connectivity index (χ1) is 12.3. The maximum absolute atomic E-state index is 3.61. The van der Waals surface area contributed by atoms with Crippen LogP contribution in [0, 0.1) is 41.5 Å². The van der Waals surface area contributed by atoms with E-state index in [0.717, 1.165) is 26.2 Å². The number of aryl methyl sites for hydroxylation is 6. The first-order valence-corrected chi connectivity index (χ1v) is 9.60. The van der Waals surface area contributed by atoms with Crippen LogP contribution >= 0.6 is 0 Å². The molecule has 6 heteroatoms. The van der Waals surface area contributed by atoms with Gasteiger partial charge in [0.1, 0.15) is 0 Å². The zero-order valence-corrected chi connectivity index (χ0v) is 21.2.